The van der Waals surface area contributed by atoms with Gasteiger partial charge in [0.05, 0.1) is 30.8 Å². The molecule has 2 amide bonds. The largest absolute Gasteiger partial charge is 0.394 e. The van der Waals surface area contributed by atoms with Gasteiger partial charge in [-0.15, -0.1) is 0 Å². The van der Waals surface area contributed by atoms with Crippen LogP contribution in [0.4, 0.5) is 4.39 Å². The second-order valence-corrected chi connectivity index (χ2v) is 12.4. The molecule has 0 radical (unpaired) electrons. The summed E-state index contributed by atoms with van der Waals surface area (Å²) < 4.78 is 39.7. The average molecular weight is 513 g/mol. The number of para-hydroxylation sites is 1. The molecule has 194 valence electrons. The van der Waals surface area contributed by atoms with Crippen LogP contribution in [0.5, 0.6) is 0 Å². The fraction of sp³-hybridized carbons (Fsp3) is 0.609. The van der Waals surface area contributed by atoms with Crippen LogP contribution >= 0.6 is 0 Å². The summed E-state index contributed by atoms with van der Waals surface area (Å²) in [5.74, 6) is -1.71. The number of sulfone groups is 1. The van der Waals surface area contributed by atoms with Gasteiger partial charge in [-0.2, -0.15) is 5.10 Å². The molecule has 0 aliphatic carbocycles. The van der Waals surface area contributed by atoms with Crippen LogP contribution in [-0.4, -0.2) is 77.0 Å². The minimum atomic E-state index is -3.05. The first kappa shape index (κ1) is 27.0. The van der Waals surface area contributed by atoms with Gasteiger partial charge < -0.3 is 20.8 Å². The normalized spacial score (nSPS) is 17.5. The number of carbonyl (C=O) groups is 2. The Hall–Kier alpha value is -2.57. The standard InChI is InChI=1S/C23H33FN4O6S/c1-23(2,3)20(22(32)25-15(12-29)13-30)26-21(31)18-16-5-4-6-17(24)19(16)28(27-18)11-14-7-9-35(33,34)10-8-14/h4-6,14-15,20,29-30H,7-13H2,1-3H3,(H,25,32)(H,26,31). The maximum Gasteiger partial charge on any atom is 0.273 e. The number of hydrogen-bond acceptors (Lipinski definition) is 7. The summed E-state index contributed by atoms with van der Waals surface area (Å²) in [5.41, 5.74) is -0.638. The number of rotatable bonds is 8. The molecule has 12 heteroatoms. The van der Waals surface area contributed by atoms with Crippen LogP contribution in [-0.2, 0) is 21.2 Å². The molecule has 35 heavy (non-hydrogen) atoms. The van der Waals surface area contributed by atoms with Gasteiger partial charge in [0.2, 0.25) is 5.91 Å². The van der Waals surface area contributed by atoms with Crippen molar-refractivity contribution in [3.05, 3.63) is 29.7 Å². The van der Waals surface area contributed by atoms with Crippen molar-refractivity contribution in [1.29, 1.82) is 0 Å². The van der Waals surface area contributed by atoms with E-state index in [1.165, 1.54) is 16.8 Å². The molecule has 1 fully saturated rings. The van der Waals surface area contributed by atoms with Gasteiger partial charge in [0.15, 0.2) is 5.69 Å². The quantitative estimate of drug-likeness (QED) is 0.405. The van der Waals surface area contributed by atoms with E-state index in [4.69, 9.17) is 0 Å². The minimum Gasteiger partial charge on any atom is -0.394 e. The molecule has 0 bridgehead atoms. The molecule has 0 saturated carbocycles. The van der Waals surface area contributed by atoms with Gasteiger partial charge >= 0.3 is 0 Å². The van der Waals surface area contributed by atoms with E-state index in [2.05, 4.69) is 15.7 Å². The Bertz CT molecular complexity index is 1170. The van der Waals surface area contributed by atoms with Gasteiger partial charge in [-0.25, -0.2) is 12.8 Å². The van der Waals surface area contributed by atoms with Gasteiger partial charge in [0, 0.05) is 11.9 Å². The number of carbonyl (C=O) groups excluding carboxylic acids is 2. The Morgan fingerprint density at radius 1 is 1.17 bits per heavy atom. The van der Waals surface area contributed by atoms with Crippen molar-refractivity contribution in [3.63, 3.8) is 0 Å². The summed E-state index contributed by atoms with van der Waals surface area (Å²) in [6.45, 7) is 4.57. The van der Waals surface area contributed by atoms with Gasteiger partial charge in [-0.05, 0) is 30.2 Å². The highest BCUT2D eigenvalue weighted by Gasteiger charge is 2.35. The lowest BCUT2D eigenvalue weighted by Gasteiger charge is -2.31. The van der Waals surface area contributed by atoms with Crippen molar-refractivity contribution < 1.29 is 32.6 Å². The Morgan fingerprint density at radius 2 is 1.80 bits per heavy atom. The van der Waals surface area contributed by atoms with Crippen LogP contribution in [0.15, 0.2) is 18.2 Å². The molecule has 3 rings (SSSR count). The van der Waals surface area contributed by atoms with Crippen LogP contribution < -0.4 is 10.6 Å². The number of fused-ring (bicyclic) bond motifs is 1. The number of amides is 2. The molecular weight excluding hydrogens is 479 g/mol. The van der Waals surface area contributed by atoms with Crippen molar-refractivity contribution in [2.45, 2.75) is 52.2 Å². The summed E-state index contributed by atoms with van der Waals surface area (Å²) in [5, 5.41) is 28.4. The van der Waals surface area contributed by atoms with E-state index in [0.717, 1.165) is 0 Å². The lowest BCUT2D eigenvalue weighted by Crippen LogP contribution is -2.56. The van der Waals surface area contributed by atoms with Gasteiger partial charge in [-0.3, -0.25) is 14.3 Å². The topological polar surface area (TPSA) is 151 Å². The summed E-state index contributed by atoms with van der Waals surface area (Å²) in [4.78, 5) is 26.1. The van der Waals surface area contributed by atoms with Crippen LogP contribution in [0.2, 0.25) is 0 Å². The molecule has 1 saturated heterocycles. The molecule has 1 aromatic carbocycles. The maximum atomic E-state index is 14.8. The Balaban J connectivity index is 1.89. The predicted molar refractivity (Wildman–Crippen MR) is 128 cm³/mol. The SMILES string of the molecule is CC(C)(C)C(NC(=O)c1nn(CC2CCS(=O)(=O)CC2)c2c(F)cccc12)C(=O)NC(CO)CO. The van der Waals surface area contributed by atoms with E-state index < -0.39 is 58.2 Å². The first-order chi connectivity index (χ1) is 16.4. The second-order valence-electron chi connectivity index (χ2n) is 10.1. The highest BCUT2D eigenvalue weighted by atomic mass is 32.2. The molecule has 1 aromatic heterocycles. The molecule has 0 spiro atoms. The number of halogens is 1. The monoisotopic (exact) mass is 512 g/mol. The average Bonchev–Trinajstić information content (AvgIpc) is 3.15. The third kappa shape index (κ3) is 6.36. The van der Waals surface area contributed by atoms with Gasteiger partial charge in [0.25, 0.3) is 5.91 Å². The lowest BCUT2D eigenvalue weighted by molar-refractivity contribution is -0.126. The number of hydrogen-bond donors (Lipinski definition) is 4. The highest BCUT2D eigenvalue weighted by Crippen LogP contribution is 2.27. The number of nitrogens with one attached hydrogen (secondary N) is 2. The third-order valence-corrected chi connectivity index (χ3v) is 7.95. The summed E-state index contributed by atoms with van der Waals surface area (Å²) in [6.07, 6.45) is 0.867. The number of aliphatic hydroxyl groups excluding tert-OH is 2. The zero-order valence-corrected chi connectivity index (χ0v) is 20.9. The molecule has 4 N–H and O–H groups in total. The summed E-state index contributed by atoms with van der Waals surface area (Å²) in [6, 6.07) is 2.39. The maximum absolute atomic E-state index is 14.8. The van der Waals surface area contributed by atoms with E-state index in [0.29, 0.717) is 12.8 Å². The first-order valence-corrected chi connectivity index (χ1v) is 13.4. The molecule has 1 unspecified atom stereocenters. The van der Waals surface area contributed by atoms with Crippen molar-refractivity contribution in [2.24, 2.45) is 11.3 Å². The first-order valence-electron chi connectivity index (χ1n) is 11.5. The zero-order valence-electron chi connectivity index (χ0n) is 20.1. The minimum absolute atomic E-state index is 0.0286. The van der Waals surface area contributed by atoms with E-state index in [1.54, 1.807) is 26.8 Å². The van der Waals surface area contributed by atoms with Crippen molar-refractivity contribution in [2.75, 3.05) is 24.7 Å². The van der Waals surface area contributed by atoms with Crippen LogP contribution in [0.25, 0.3) is 10.9 Å². The summed E-state index contributed by atoms with van der Waals surface area (Å²) >= 11 is 0. The molecule has 2 aromatic rings. The number of aliphatic hydroxyl groups is 2. The second kappa shape index (κ2) is 10.6. The Morgan fingerprint density at radius 3 is 2.37 bits per heavy atom. The van der Waals surface area contributed by atoms with Crippen molar-refractivity contribution in [1.82, 2.24) is 20.4 Å². The Kier molecular flexibility index (Phi) is 8.17. The number of aromatic nitrogens is 2. The molecule has 1 aliphatic rings. The van der Waals surface area contributed by atoms with Crippen LogP contribution in [0.1, 0.15) is 44.1 Å². The van der Waals surface area contributed by atoms with Crippen LogP contribution in [0.3, 0.4) is 0 Å². The van der Waals surface area contributed by atoms with Crippen molar-refractivity contribution in [3.8, 4) is 0 Å². The number of benzene rings is 1. The van der Waals surface area contributed by atoms with Crippen LogP contribution in [0, 0.1) is 17.2 Å². The molecular formula is C23H33FN4O6S. The van der Waals surface area contributed by atoms with E-state index >= 15 is 0 Å². The predicted octanol–water partition coefficient (Wildman–Crippen LogP) is 0.614. The van der Waals surface area contributed by atoms with Gasteiger partial charge in [0.1, 0.15) is 27.2 Å². The summed E-state index contributed by atoms with van der Waals surface area (Å²) in [7, 11) is -3.05. The third-order valence-electron chi connectivity index (χ3n) is 6.23. The van der Waals surface area contributed by atoms with E-state index in [-0.39, 0.29) is 40.6 Å². The molecule has 2 heterocycles. The van der Waals surface area contributed by atoms with E-state index in [1.807, 2.05) is 0 Å². The highest BCUT2D eigenvalue weighted by molar-refractivity contribution is 7.91. The zero-order chi connectivity index (χ0) is 26.0. The van der Waals surface area contributed by atoms with Crippen molar-refractivity contribution >= 4 is 32.6 Å². The van der Waals surface area contributed by atoms with Gasteiger partial charge in [-0.1, -0.05) is 32.9 Å². The lowest BCUT2D eigenvalue weighted by atomic mass is 9.85. The smallest absolute Gasteiger partial charge is 0.273 e. The Labute approximate surface area is 203 Å². The molecule has 10 nitrogen and oxygen atoms in total. The fourth-order valence-electron chi connectivity index (χ4n) is 4.17. The molecule has 1 atom stereocenters. The fourth-order valence-corrected chi connectivity index (χ4v) is 5.76. The molecule has 1 aliphatic heterocycles. The van der Waals surface area contributed by atoms with E-state index in [9.17, 15) is 32.6 Å². The number of nitrogens with zero attached hydrogens (tertiary/aromatic N) is 2.